The summed E-state index contributed by atoms with van der Waals surface area (Å²) in [5.74, 6) is -1.69. The number of halogens is 2. The minimum absolute atomic E-state index is 0.228. The van der Waals surface area contributed by atoms with Gasteiger partial charge in [-0.15, -0.1) is 0 Å². The molecular weight excluding hydrogens is 284 g/mol. The maximum absolute atomic E-state index is 14.0. The predicted molar refractivity (Wildman–Crippen MR) is 82.3 cm³/mol. The molecule has 0 bridgehead atoms. The van der Waals surface area contributed by atoms with E-state index in [1.807, 2.05) is 19.2 Å². The quantitative estimate of drug-likeness (QED) is 0.673. The highest BCUT2D eigenvalue weighted by Crippen LogP contribution is 2.30. The van der Waals surface area contributed by atoms with Crippen molar-refractivity contribution in [1.29, 1.82) is 0 Å². The minimum Gasteiger partial charge on any atom is -0.322 e. The first kappa shape index (κ1) is 13.1. The fourth-order valence-corrected chi connectivity index (χ4v) is 2.98. The van der Waals surface area contributed by atoms with Crippen molar-refractivity contribution >= 4 is 17.2 Å². The molecule has 2 aromatic heterocycles. The van der Waals surface area contributed by atoms with E-state index in [1.165, 1.54) is 6.07 Å². The van der Waals surface area contributed by atoms with E-state index in [9.17, 15) is 8.78 Å². The molecule has 0 aliphatic carbocycles. The van der Waals surface area contributed by atoms with Crippen LogP contribution in [0.5, 0.6) is 0 Å². The van der Waals surface area contributed by atoms with E-state index in [0.29, 0.717) is 5.56 Å². The molecule has 4 rings (SSSR count). The third kappa shape index (κ3) is 1.78. The van der Waals surface area contributed by atoms with Gasteiger partial charge in [0.25, 0.3) is 0 Å². The van der Waals surface area contributed by atoms with Crippen molar-refractivity contribution in [1.82, 2.24) is 9.55 Å². The van der Waals surface area contributed by atoms with Crippen molar-refractivity contribution in [3.05, 3.63) is 53.4 Å². The highest BCUT2D eigenvalue weighted by molar-refractivity contribution is 5.95. The van der Waals surface area contributed by atoms with Crippen LogP contribution in [-0.2, 0) is 6.54 Å². The Labute approximate surface area is 125 Å². The van der Waals surface area contributed by atoms with E-state index in [2.05, 4.69) is 14.5 Å². The normalized spacial score (nSPS) is 13.6. The molecule has 0 radical (unpaired) electrons. The van der Waals surface area contributed by atoms with E-state index >= 15 is 0 Å². The van der Waals surface area contributed by atoms with Crippen LogP contribution in [0.2, 0.25) is 0 Å². The smallest absolute Gasteiger partial charge is 0.166 e. The van der Waals surface area contributed by atoms with Gasteiger partial charge in [0.2, 0.25) is 0 Å². The molecule has 0 amide bonds. The number of rotatable bonds is 1. The van der Waals surface area contributed by atoms with Crippen molar-refractivity contribution in [3.8, 4) is 11.1 Å². The zero-order chi connectivity index (χ0) is 15.3. The predicted octanol–water partition coefficient (Wildman–Crippen LogP) is 3.72. The maximum Gasteiger partial charge on any atom is 0.166 e. The summed E-state index contributed by atoms with van der Waals surface area (Å²) >= 11 is 0. The summed E-state index contributed by atoms with van der Waals surface area (Å²) in [4.78, 5) is 8.77. The lowest BCUT2D eigenvalue weighted by molar-refractivity contribution is 0.511. The van der Waals surface area contributed by atoms with Gasteiger partial charge >= 0.3 is 0 Å². The lowest BCUT2D eigenvalue weighted by atomic mass is 10.0. The Balaban J connectivity index is 1.97. The van der Waals surface area contributed by atoms with Crippen molar-refractivity contribution in [3.63, 3.8) is 0 Å². The topological polar surface area (TPSA) is 30.2 Å². The summed E-state index contributed by atoms with van der Waals surface area (Å²) in [6, 6.07) is 6.05. The third-order valence-corrected chi connectivity index (χ3v) is 4.13. The molecule has 0 saturated carbocycles. The van der Waals surface area contributed by atoms with Crippen molar-refractivity contribution in [2.24, 2.45) is 4.99 Å². The van der Waals surface area contributed by atoms with Crippen molar-refractivity contribution < 1.29 is 8.78 Å². The zero-order valence-corrected chi connectivity index (χ0v) is 12.0. The van der Waals surface area contributed by atoms with E-state index in [4.69, 9.17) is 0 Å². The largest absolute Gasteiger partial charge is 0.322 e. The second kappa shape index (κ2) is 4.73. The number of nitrogens with zero attached hydrogens (tertiary/aromatic N) is 3. The van der Waals surface area contributed by atoms with E-state index in [1.54, 1.807) is 12.3 Å². The Morgan fingerprint density at radius 1 is 1.23 bits per heavy atom. The Morgan fingerprint density at radius 2 is 2.09 bits per heavy atom. The summed E-state index contributed by atoms with van der Waals surface area (Å²) in [7, 11) is 0. The molecule has 0 fully saturated rings. The Hall–Kier alpha value is -2.56. The monoisotopic (exact) mass is 297 g/mol. The van der Waals surface area contributed by atoms with E-state index in [0.717, 1.165) is 41.4 Å². The summed E-state index contributed by atoms with van der Waals surface area (Å²) in [5, 5.41) is 0.949. The van der Waals surface area contributed by atoms with Gasteiger partial charge in [-0.1, -0.05) is 12.1 Å². The number of aromatic nitrogens is 2. The van der Waals surface area contributed by atoms with Gasteiger partial charge in [-0.3, -0.25) is 4.99 Å². The Bertz CT molecular complexity index is 925. The van der Waals surface area contributed by atoms with E-state index in [-0.39, 0.29) is 5.56 Å². The molecule has 0 unspecified atom stereocenters. The van der Waals surface area contributed by atoms with Crippen LogP contribution in [0.3, 0.4) is 0 Å². The van der Waals surface area contributed by atoms with Gasteiger partial charge in [-0.05, 0) is 24.6 Å². The molecule has 3 nitrogen and oxygen atoms in total. The maximum atomic E-state index is 14.0. The van der Waals surface area contributed by atoms with Crippen LogP contribution in [0.1, 0.15) is 11.3 Å². The van der Waals surface area contributed by atoms with Gasteiger partial charge in [-0.25, -0.2) is 13.8 Å². The van der Waals surface area contributed by atoms with Gasteiger partial charge in [0.05, 0.1) is 12.2 Å². The second-order valence-electron chi connectivity index (χ2n) is 5.39. The second-order valence-corrected chi connectivity index (χ2v) is 5.39. The van der Waals surface area contributed by atoms with Crippen molar-refractivity contribution in [2.75, 3.05) is 6.54 Å². The number of aliphatic imine (C=N–C) groups is 1. The van der Waals surface area contributed by atoms with Crippen LogP contribution in [0.25, 0.3) is 22.2 Å². The SMILES string of the molecule is Cc1c2n(c3ncc(-c4cccc(F)c4F)cc13)CCN=C2. The number of hydrogen-bond donors (Lipinski definition) is 0. The third-order valence-electron chi connectivity index (χ3n) is 4.13. The van der Waals surface area contributed by atoms with Crippen LogP contribution in [-0.4, -0.2) is 22.3 Å². The molecular formula is C17H13F2N3. The first-order valence-corrected chi connectivity index (χ1v) is 7.10. The molecule has 110 valence electrons. The number of benzene rings is 1. The zero-order valence-electron chi connectivity index (χ0n) is 12.0. The molecule has 1 aliphatic rings. The molecule has 0 spiro atoms. The Kier molecular flexibility index (Phi) is 2.82. The molecule has 0 saturated heterocycles. The molecule has 0 atom stereocenters. The average Bonchev–Trinajstić information content (AvgIpc) is 2.83. The first-order valence-electron chi connectivity index (χ1n) is 7.10. The lowest BCUT2D eigenvalue weighted by Gasteiger charge is -2.10. The highest BCUT2D eigenvalue weighted by Gasteiger charge is 2.18. The fraction of sp³-hybridized carbons (Fsp3) is 0.176. The summed E-state index contributed by atoms with van der Waals surface area (Å²) in [6.07, 6.45) is 3.45. The molecule has 0 N–H and O–H groups in total. The molecule has 3 aromatic rings. The van der Waals surface area contributed by atoms with Gasteiger partial charge in [0, 0.05) is 35.5 Å². The average molecular weight is 297 g/mol. The number of aryl methyl sites for hydroxylation is 1. The summed E-state index contributed by atoms with van der Waals surface area (Å²) in [5.41, 5.74) is 3.76. The van der Waals surface area contributed by atoms with Gasteiger partial charge in [-0.2, -0.15) is 0 Å². The standard InChI is InChI=1S/C17H13F2N3/c1-10-13-7-11(12-3-2-4-14(18)16(12)19)8-21-17(13)22-6-5-20-9-15(10)22/h2-4,7-9H,5-6H2,1H3. The minimum atomic E-state index is -0.849. The van der Waals surface area contributed by atoms with Gasteiger partial charge in [0.1, 0.15) is 5.65 Å². The first-order chi connectivity index (χ1) is 10.7. The van der Waals surface area contributed by atoms with Crippen LogP contribution >= 0.6 is 0 Å². The number of fused-ring (bicyclic) bond motifs is 3. The van der Waals surface area contributed by atoms with Gasteiger partial charge < -0.3 is 4.57 Å². The Morgan fingerprint density at radius 3 is 2.95 bits per heavy atom. The molecule has 3 heterocycles. The van der Waals surface area contributed by atoms with Crippen LogP contribution < -0.4 is 0 Å². The number of hydrogen-bond acceptors (Lipinski definition) is 2. The summed E-state index contributed by atoms with van der Waals surface area (Å²) in [6.45, 7) is 3.52. The molecule has 5 heteroatoms. The molecule has 1 aromatic carbocycles. The van der Waals surface area contributed by atoms with Crippen molar-refractivity contribution in [2.45, 2.75) is 13.5 Å². The lowest BCUT2D eigenvalue weighted by Crippen LogP contribution is -2.11. The summed E-state index contributed by atoms with van der Waals surface area (Å²) < 4.78 is 29.5. The fourth-order valence-electron chi connectivity index (χ4n) is 2.98. The molecule has 1 aliphatic heterocycles. The number of pyridine rings is 1. The van der Waals surface area contributed by atoms with Crippen LogP contribution in [0, 0.1) is 18.6 Å². The van der Waals surface area contributed by atoms with Crippen LogP contribution in [0.15, 0.2) is 35.5 Å². The van der Waals surface area contributed by atoms with Gasteiger partial charge in [0.15, 0.2) is 11.6 Å². The van der Waals surface area contributed by atoms with E-state index < -0.39 is 11.6 Å². The van der Waals surface area contributed by atoms with Crippen LogP contribution in [0.4, 0.5) is 8.78 Å². The molecule has 22 heavy (non-hydrogen) atoms. The highest BCUT2D eigenvalue weighted by atomic mass is 19.2.